The lowest BCUT2D eigenvalue weighted by Crippen LogP contribution is -1.73. The largest absolute Gasteiger partial charge is 0.487 e. The molecule has 1 rings (SSSR count). The Hall–Kier alpha value is -0.110. The second kappa shape index (κ2) is 1.56. The minimum Gasteiger partial charge on any atom is -0.487 e. The van der Waals surface area contributed by atoms with Crippen LogP contribution in [0.5, 0.6) is 0 Å². The summed E-state index contributed by atoms with van der Waals surface area (Å²) in [6.07, 6.45) is 0. The van der Waals surface area contributed by atoms with E-state index in [0.29, 0.717) is 0 Å². The van der Waals surface area contributed by atoms with E-state index in [0.717, 1.165) is 11.7 Å². The Morgan fingerprint density at radius 2 is 2.83 bits per heavy atom. The zero-order chi connectivity index (χ0) is 4.41. The molecule has 0 saturated heterocycles. The zero-order valence-corrected chi connectivity index (χ0v) is 4.42. The van der Waals surface area contributed by atoms with E-state index < -0.39 is 0 Å². The van der Waals surface area contributed by atoms with Gasteiger partial charge in [-0.1, -0.05) is 11.8 Å². The van der Waals surface area contributed by atoms with E-state index in [2.05, 4.69) is 0 Å². The Labute approximate surface area is 41.4 Å². The van der Waals surface area contributed by atoms with Crippen LogP contribution in [0.2, 0.25) is 0 Å². The minimum atomic E-state index is 0.811. The number of ether oxygens (including phenoxy) is 1. The standard InChI is InChI=1S/C4H6OS/c1-4-2-6-3-5-4/h2H,3H2,1H3. The van der Waals surface area contributed by atoms with E-state index in [-0.39, 0.29) is 0 Å². The van der Waals surface area contributed by atoms with Crippen LogP contribution in [0.15, 0.2) is 11.2 Å². The van der Waals surface area contributed by atoms with Crippen LogP contribution < -0.4 is 0 Å². The topological polar surface area (TPSA) is 9.23 Å². The van der Waals surface area contributed by atoms with Gasteiger partial charge in [0.2, 0.25) is 0 Å². The molecule has 0 saturated carbocycles. The van der Waals surface area contributed by atoms with Crippen molar-refractivity contribution in [1.82, 2.24) is 0 Å². The Morgan fingerprint density at radius 3 is 3.00 bits per heavy atom. The number of hydrogen-bond donors (Lipinski definition) is 0. The van der Waals surface area contributed by atoms with Gasteiger partial charge in [0.15, 0.2) is 0 Å². The van der Waals surface area contributed by atoms with Crippen LogP contribution in [0.1, 0.15) is 6.92 Å². The number of hydrogen-bond acceptors (Lipinski definition) is 2. The molecule has 1 heterocycles. The first-order valence-corrected chi connectivity index (χ1v) is 2.85. The van der Waals surface area contributed by atoms with Gasteiger partial charge < -0.3 is 4.74 Å². The molecular weight excluding hydrogens is 96.1 g/mol. The number of rotatable bonds is 0. The zero-order valence-electron chi connectivity index (χ0n) is 3.60. The van der Waals surface area contributed by atoms with Crippen molar-refractivity contribution in [3.63, 3.8) is 0 Å². The van der Waals surface area contributed by atoms with E-state index in [9.17, 15) is 0 Å². The first-order chi connectivity index (χ1) is 2.89. The van der Waals surface area contributed by atoms with E-state index in [1.54, 1.807) is 11.8 Å². The highest BCUT2D eigenvalue weighted by Gasteiger charge is 1.95. The predicted octanol–water partition coefficient (Wildman–Crippen LogP) is 1.57. The molecule has 0 aromatic rings. The van der Waals surface area contributed by atoms with E-state index in [1.807, 2.05) is 12.3 Å². The second-order valence-corrected chi connectivity index (χ2v) is 1.96. The maximum atomic E-state index is 4.98. The monoisotopic (exact) mass is 102 g/mol. The fraction of sp³-hybridized carbons (Fsp3) is 0.500. The molecule has 0 radical (unpaired) electrons. The summed E-state index contributed by atoms with van der Waals surface area (Å²) in [5.74, 6) is 1.85. The minimum absolute atomic E-state index is 0.811. The molecule has 1 nitrogen and oxygen atoms in total. The molecular formula is C4H6OS. The summed E-state index contributed by atoms with van der Waals surface area (Å²) in [4.78, 5) is 0. The van der Waals surface area contributed by atoms with E-state index in [1.165, 1.54) is 0 Å². The lowest BCUT2D eigenvalue weighted by atomic mass is 10.7. The molecule has 0 aliphatic carbocycles. The highest BCUT2D eigenvalue weighted by atomic mass is 32.2. The highest BCUT2D eigenvalue weighted by Crippen LogP contribution is 2.16. The van der Waals surface area contributed by atoms with Gasteiger partial charge in [0, 0.05) is 5.41 Å². The van der Waals surface area contributed by atoms with E-state index >= 15 is 0 Å². The molecule has 0 aromatic carbocycles. The molecule has 0 bridgehead atoms. The van der Waals surface area contributed by atoms with Crippen molar-refractivity contribution in [2.24, 2.45) is 0 Å². The molecule has 1 aliphatic heterocycles. The summed E-state index contributed by atoms with van der Waals surface area (Å²) in [7, 11) is 0. The quantitative estimate of drug-likeness (QED) is 0.459. The average molecular weight is 102 g/mol. The van der Waals surface area contributed by atoms with Gasteiger partial charge in [-0.25, -0.2) is 0 Å². The molecule has 34 valence electrons. The Bertz CT molecular complexity index is 77.6. The lowest BCUT2D eigenvalue weighted by Gasteiger charge is -1.88. The van der Waals surface area contributed by atoms with Gasteiger partial charge in [-0.15, -0.1) is 0 Å². The third-order valence-corrected chi connectivity index (χ3v) is 1.36. The van der Waals surface area contributed by atoms with Crippen LogP contribution in [0, 0.1) is 0 Å². The average Bonchev–Trinajstić information content (AvgIpc) is 1.86. The smallest absolute Gasteiger partial charge is 0.137 e. The van der Waals surface area contributed by atoms with Crippen LogP contribution in [0.3, 0.4) is 0 Å². The van der Waals surface area contributed by atoms with Crippen molar-refractivity contribution < 1.29 is 4.74 Å². The third-order valence-electron chi connectivity index (χ3n) is 0.604. The molecule has 1 aliphatic rings. The van der Waals surface area contributed by atoms with E-state index in [4.69, 9.17) is 4.74 Å². The molecule has 0 aromatic heterocycles. The van der Waals surface area contributed by atoms with Crippen LogP contribution in [-0.2, 0) is 4.74 Å². The molecule has 0 fully saturated rings. The van der Waals surface area contributed by atoms with Crippen molar-refractivity contribution in [3.05, 3.63) is 11.2 Å². The first-order valence-electron chi connectivity index (χ1n) is 1.81. The fourth-order valence-electron chi connectivity index (χ4n) is 0.312. The molecule has 2 heteroatoms. The lowest BCUT2D eigenvalue weighted by molar-refractivity contribution is 0.284. The van der Waals surface area contributed by atoms with Gasteiger partial charge >= 0.3 is 0 Å². The van der Waals surface area contributed by atoms with Gasteiger partial charge in [0.1, 0.15) is 11.7 Å². The van der Waals surface area contributed by atoms with Gasteiger partial charge in [0.25, 0.3) is 0 Å². The van der Waals surface area contributed by atoms with Crippen molar-refractivity contribution in [3.8, 4) is 0 Å². The molecule has 0 amide bonds. The van der Waals surface area contributed by atoms with Gasteiger partial charge in [-0.3, -0.25) is 0 Å². The summed E-state index contributed by atoms with van der Waals surface area (Å²) in [5, 5.41) is 2.01. The summed E-state index contributed by atoms with van der Waals surface area (Å²) in [6.45, 7) is 1.96. The second-order valence-electron chi connectivity index (χ2n) is 1.16. The highest BCUT2D eigenvalue weighted by molar-refractivity contribution is 8.02. The maximum Gasteiger partial charge on any atom is 0.137 e. The van der Waals surface area contributed by atoms with Gasteiger partial charge in [0.05, 0.1) is 0 Å². The summed E-state index contributed by atoms with van der Waals surface area (Å²) in [5.41, 5.74) is 0. The maximum absolute atomic E-state index is 4.98. The summed E-state index contributed by atoms with van der Waals surface area (Å²) < 4.78 is 4.98. The van der Waals surface area contributed by atoms with Crippen molar-refractivity contribution in [1.29, 1.82) is 0 Å². The Balaban J connectivity index is 2.45. The third kappa shape index (κ3) is 0.684. The molecule has 6 heavy (non-hydrogen) atoms. The fourth-order valence-corrected chi connectivity index (χ4v) is 0.937. The van der Waals surface area contributed by atoms with Crippen LogP contribution >= 0.6 is 11.8 Å². The predicted molar refractivity (Wildman–Crippen MR) is 27.3 cm³/mol. The van der Waals surface area contributed by atoms with Crippen LogP contribution in [0.4, 0.5) is 0 Å². The van der Waals surface area contributed by atoms with Gasteiger partial charge in [-0.2, -0.15) is 0 Å². The van der Waals surface area contributed by atoms with Crippen molar-refractivity contribution >= 4 is 11.8 Å². The SMILES string of the molecule is CC1=CSCO1. The van der Waals surface area contributed by atoms with Crippen molar-refractivity contribution in [2.75, 3.05) is 5.94 Å². The Morgan fingerprint density at radius 1 is 2.00 bits per heavy atom. The van der Waals surface area contributed by atoms with Gasteiger partial charge in [-0.05, 0) is 6.92 Å². The first kappa shape index (κ1) is 4.06. The molecule has 0 N–H and O–H groups in total. The van der Waals surface area contributed by atoms with Crippen molar-refractivity contribution in [2.45, 2.75) is 6.92 Å². The normalized spacial score (nSPS) is 19.8. The summed E-state index contributed by atoms with van der Waals surface area (Å²) in [6, 6.07) is 0. The molecule has 0 unspecified atom stereocenters. The summed E-state index contributed by atoms with van der Waals surface area (Å²) >= 11 is 1.70. The van der Waals surface area contributed by atoms with Crippen LogP contribution in [0.25, 0.3) is 0 Å². The Kier molecular flexibility index (Phi) is 1.05. The number of allylic oxidation sites excluding steroid dienone is 1. The molecule has 0 spiro atoms. The van der Waals surface area contributed by atoms with Crippen LogP contribution in [-0.4, -0.2) is 5.94 Å². The number of thioether (sulfide) groups is 1. The molecule has 0 atom stereocenters.